The zero-order valence-electron chi connectivity index (χ0n) is 16.0. The van der Waals surface area contributed by atoms with E-state index in [4.69, 9.17) is 4.98 Å². The molecule has 4 aromatic rings. The average molecular weight is 375 g/mol. The number of rotatable bonds is 4. The van der Waals surface area contributed by atoms with Crippen LogP contribution in [0.5, 0.6) is 0 Å². The van der Waals surface area contributed by atoms with E-state index >= 15 is 0 Å². The fourth-order valence-electron chi connectivity index (χ4n) is 3.33. The van der Waals surface area contributed by atoms with E-state index < -0.39 is 0 Å². The Morgan fingerprint density at radius 2 is 1.70 bits per heavy atom. The van der Waals surface area contributed by atoms with Crippen molar-refractivity contribution in [1.29, 1.82) is 0 Å². The molecule has 4 heteroatoms. The SMILES string of the molecule is Cc1ccc(-c2csc3nc(-c4ccc(C(C)C)cc4)c(C=O)n23)cc1C. The first-order valence-corrected chi connectivity index (χ1v) is 10.0. The molecule has 4 rings (SSSR count). The van der Waals surface area contributed by atoms with Crippen LogP contribution < -0.4 is 0 Å². The number of nitrogens with zero attached hydrogens (tertiary/aromatic N) is 2. The summed E-state index contributed by atoms with van der Waals surface area (Å²) < 4.78 is 1.98. The number of benzene rings is 2. The van der Waals surface area contributed by atoms with E-state index in [-0.39, 0.29) is 0 Å². The van der Waals surface area contributed by atoms with Crippen LogP contribution in [0.15, 0.2) is 47.8 Å². The van der Waals surface area contributed by atoms with Gasteiger partial charge in [0, 0.05) is 10.9 Å². The third-order valence-electron chi connectivity index (χ3n) is 5.16. The molecule has 0 saturated heterocycles. The second kappa shape index (κ2) is 6.78. The Labute approximate surface area is 163 Å². The van der Waals surface area contributed by atoms with E-state index in [0.717, 1.165) is 33.8 Å². The van der Waals surface area contributed by atoms with Crippen LogP contribution in [0.2, 0.25) is 0 Å². The Hall–Kier alpha value is -2.72. The predicted octanol–water partition coefficient (Wildman–Crippen LogP) is 6.28. The quantitative estimate of drug-likeness (QED) is 0.394. The topological polar surface area (TPSA) is 34.4 Å². The van der Waals surface area contributed by atoms with Crippen molar-refractivity contribution < 1.29 is 4.79 Å². The van der Waals surface area contributed by atoms with Crippen molar-refractivity contribution in [2.45, 2.75) is 33.6 Å². The lowest BCUT2D eigenvalue weighted by molar-refractivity contribution is 0.111. The van der Waals surface area contributed by atoms with Crippen molar-refractivity contribution >= 4 is 22.6 Å². The van der Waals surface area contributed by atoms with Crippen LogP contribution in [-0.2, 0) is 0 Å². The molecule has 0 radical (unpaired) electrons. The minimum atomic E-state index is 0.478. The van der Waals surface area contributed by atoms with Crippen LogP contribution in [0.1, 0.15) is 46.9 Å². The van der Waals surface area contributed by atoms with Crippen molar-refractivity contribution in [3.05, 3.63) is 70.2 Å². The van der Waals surface area contributed by atoms with Crippen LogP contribution in [-0.4, -0.2) is 15.7 Å². The molecule has 0 aliphatic rings. The van der Waals surface area contributed by atoms with E-state index in [9.17, 15) is 4.79 Å². The van der Waals surface area contributed by atoms with Gasteiger partial charge in [0.1, 0.15) is 11.4 Å². The van der Waals surface area contributed by atoms with Gasteiger partial charge in [0.05, 0.1) is 5.69 Å². The fourth-order valence-corrected chi connectivity index (χ4v) is 4.23. The molecular weight excluding hydrogens is 352 g/mol. The summed E-state index contributed by atoms with van der Waals surface area (Å²) in [5.41, 5.74) is 8.23. The lowest BCUT2D eigenvalue weighted by Crippen LogP contribution is -1.95. The van der Waals surface area contributed by atoms with Gasteiger partial charge < -0.3 is 0 Å². The molecule has 0 fully saturated rings. The van der Waals surface area contributed by atoms with Crippen LogP contribution in [0, 0.1) is 13.8 Å². The van der Waals surface area contributed by atoms with Crippen molar-refractivity contribution in [2.24, 2.45) is 0 Å². The normalized spacial score (nSPS) is 11.4. The highest BCUT2D eigenvalue weighted by atomic mass is 32.1. The molecule has 0 saturated carbocycles. The number of thiazole rings is 1. The molecule has 136 valence electrons. The predicted molar refractivity (Wildman–Crippen MR) is 113 cm³/mol. The van der Waals surface area contributed by atoms with Gasteiger partial charge in [-0.3, -0.25) is 9.20 Å². The van der Waals surface area contributed by atoms with E-state index in [1.54, 1.807) is 11.3 Å². The molecule has 0 aliphatic carbocycles. The molecule has 0 amide bonds. The molecule has 0 N–H and O–H groups in total. The number of carbonyl (C=O) groups excluding carboxylic acids is 1. The second-order valence-electron chi connectivity index (χ2n) is 7.28. The number of hydrogen-bond acceptors (Lipinski definition) is 3. The van der Waals surface area contributed by atoms with E-state index in [2.05, 4.69) is 75.5 Å². The van der Waals surface area contributed by atoms with Gasteiger partial charge in [-0.25, -0.2) is 4.98 Å². The summed E-state index contributed by atoms with van der Waals surface area (Å²) in [6, 6.07) is 14.8. The Morgan fingerprint density at radius 1 is 1.00 bits per heavy atom. The molecule has 0 unspecified atom stereocenters. The lowest BCUT2D eigenvalue weighted by Gasteiger charge is -2.07. The number of aldehydes is 1. The number of aromatic nitrogens is 2. The summed E-state index contributed by atoms with van der Waals surface area (Å²) in [4.78, 5) is 17.6. The number of carbonyl (C=O) groups is 1. The molecule has 27 heavy (non-hydrogen) atoms. The summed E-state index contributed by atoms with van der Waals surface area (Å²) in [5.74, 6) is 0.478. The Kier molecular flexibility index (Phi) is 4.44. The third-order valence-corrected chi connectivity index (χ3v) is 5.99. The molecule has 3 nitrogen and oxygen atoms in total. The van der Waals surface area contributed by atoms with Gasteiger partial charge in [-0.15, -0.1) is 11.3 Å². The molecular formula is C23H22N2OS. The third kappa shape index (κ3) is 3.00. The second-order valence-corrected chi connectivity index (χ2v) is 8.11. The molecule has 0 bridgehead atoms. The first-order valence-electron chi connectivity index (χ1n) is 9.12. The first-order chi connectivity index (χ1) is 13.0. The number of hydrogen-bond donors (Lipinski definition) is 0. The molecule has 0 atom stereocenters. The van der Waals surface area contributed by atoms with Gasteiger partial charge >= 0.3 is 0 Å². The smallest absolute Gasteiger partial charge is 0.195 e. The molecule has 0 spiro atoms. The number of imidazole rings is 1. The van der Waals surface area contributed by atoms with E-state index in [0.29, 0.717) is 11.6 Å². The van der Waals surface area contributed by atoms with Gasteiger partial charge in [-0.2, -0.15) is 0 Å². The molecule has 0 aliphatic heterocycles. The summed E-state index contributed by atoms with van der Waals surface area (Å²) in [7, 11) is 0. The van der Waals surface area contributed by atoms with Gasteiger partial charge in [-0.1, -0.05) is 50.2 Å². The number of fused-ring (bicyclic) bond motifs is 1. The van der Waals surface area contributed by atoms with E-state index in [1.165, 1.54) is 16.7 Å². The zero-order valence-corrected chi connectivity index (χ0v) is 16.8. The zero-order chi connectivity index (χ0) is 19.1. The highest BCUT2D eigenvalue weighted by molar-refractivity contribution is 7.15. The summed E-state index contributed by atoms with van der Waals surface area (Å²) in [6.07, 6.45) is 0.920. The van der Waals surface area contributed by atoms with Gasteiger partial charge in [0.2, 0.25) is 0 Å². The van der Waals surface area contributed by atoms with Crippen molar-refractivity contribution in [3.8, 4) is 22.5 Å². The Morgan fingerprint density at radius 3 is 2.33 bits per heavy atom. The van der Waals surface area contributed by atoms with Crippen LogP contribution in [0.3, 0.4) is 0 Å². The van der Waals surface area contributed by atoms with Gasteiger partial charge in [0.15, 0.2) is 11.2 Å². The lowest BCUT2D eigenvalue weighted by atomic mass is 10.0. The standard InChI is InChI=1S/C23H22N2OS/c1-14(2)17-7-9-18(10-8-17)22-20(12-26)25-21(13-27-23(25)24-22)19-6-5-15(3)16(4)11-19/h5-14H,1-4H3. The highest BCUT2D eigenvalue weighted by Gasteiger charge is 2.18. The average Bonchev–Trinajstić information content (AvgIpc) is 3.23. The maximum atomic E-state index is 12.0. The van der Waals surface area contributed by atoms with E-state index in [1.807, 2.05) is 4.40 Å². The van der Waals surface area contributed by atoms with Crippen molar-refractivity contribution in [3.63, 3.8) is 0 Å². The number of aryl methyl sites for hydroxylation is 2. The van der Waals surface area contributed by atoms with Crippen molar-refractivity contribution in [2.75, 3.05) is 0 Å². The summed E-state index contributed by atoms with van der Waals surface area (Å²) >= 11 is 1.56. The maximum Gasteiger partial charge on any atom is 0.195 e. The Balaban J connectivity index is 1.88. The van der Waals surface area contributed by atoms with Crippen LogP contribution >= 0.6 is 11.3 Å². The first kappa shape index (κ1) is 17.7. The minimum Gasteiger partial charge on any atom is -0.296 e. The highest BCUT2D eigenvalue weighted by Crippen LogP contribution is 2.33. The van der Waals surface area contributed by atoms with Crippen molar-refractivity contribution in [1.82, 2.24) is 9.38 Å². The molecule has 2 heterocycles. The Bertz CT molecular complexity index is 1130. The van der Waals surface area contributed by atoms with Gasteiger partial charge in [-0.05, 0) is 48.1 Å². The summed E-state index contributed by atoms with van der Waals surface area (Å²) in [6.45, 7) is 8.57. The molecule has 2 aromatic heterocycles. The largest absolute Gasteiger partial charge is 0.296 e. The monoisotopic (exact) mass is 374 g/mol. The van der Waals surface area contributed by atoms with Gasteiger partial charge in [0.25, 0.3) is 0 Å². The molecule has 2 aromatic carbocycles. The van der Waals surface area contributed by atoms with Crippen LogP contribution in [0.4, 0.5) is 0 Å². The fraction of sp³-hybridized carbons (Fsp3) is 0.217. The van der Waals surface area contributed by atoms with Crippen LogP contribution in [0.25, 0.3) is 27.5 Å². The maximum absolute atomic E-state index is 12.0. The minimum absolute atomic E-state index is 0.478. The summed E-state index contributed by atoms with van der Waals surface area (Å²) in [5, 5.41) is 2.07.